The number of unbranched alkanes of at least 4 members (excludes halogenated alkanes) is 4. The van der Waals surface area contributed by atoms with Crippen molar-refractivity contribution in [2.75, 3.05) is 11.4 Å². The van der Waals surface area contributed by atoms with Crippen LogP contribution in [0.25, 0.3) is 27.8 Å². The van der Waals surface area contributed by atoms with Gasteiger partial charge in [-0.2, -0.15) is 0 Å². The lowest BCUT2D eigenvalue weighted by Crippen LogP contribution is -2.40. The molecule has 0 aliphatic rings. The summed E-state index contributed by atoms with van der Waals surface area (Å²) in [5, 5.41) is 13.0. The number of carboxylic acid groups (broad SMARTS) is 1. The molecule has 0 aliphatic carbocycles. The summed E-state index contributed by atoms with van der Waals surface area (Å²) in [6, 6.07) is 29.3. The molecule has 4 aromatic carbocycles. The summed E-state index contributed by atoms with van der Waals surface area (Å²) in [4.78, 5) is 32.5. The van der Waals surface area contributed by atoms with Crippen LogP contribution in [0.3, 0.4) is 0 Å². The SMILES string of the molecule is CCCCCCNC(=O)N(Cc1ccccc1)c1ccc2nc(CCCC)n(-c3ccc(-c4ccccc4C(=O)O)c(C)c3)c2c1. The molecule has 46 heavy (non-hydrogen) atoms. The quantitative estimate of drug-likeness (QED) is 0.122. The molecule has 238 valence electrons. The topological polar surface area (TPSA) is 87.5 Å². The summed E-state index contributed by atoms with van der Waals surface area (Å²) in [5.74, 6) is 0.0150. The van der Waals surface area contributed by atoms with Crippen LogP contribution >= 0.6 is 0 Å². The van der Waals surface area contributed by atoms with Gasteiger partial charge < -0.3 is 10.4 Å². The molecular weight excluding hydrogens is 572 g/mol. The highest BCUT2D eigenvalue weighted by molar-refractivity contribution is 5.97. The highest BCUT2D eigenvalue weighted by Gasteiger charge is 2.20. The summed E-state index contributed by atoms with van der Waals surface area (Å²) in [5.41, 5.74) is 7.42. The van der Waals surface area contributed by atoms with E-state index in [0.717, 1.165) is 89.9 Å². The van der Waals surface area contributed by atoms with Crippen LogP contribution in [0.2, 0.25) is 0 Å². The molecule has 1 heterocycles. The number of carbonyl (C=O) groups is 2. The van der Waals surface area contributed by atoms with E-state index in [4.69, 9.17) is 4.98 Å². The molecule has 7 nitrogen and oxygen atoms in total. The number of amides is 2. The number of carboxylic acids is 1. The van der Waals surface area contributed by atoms with Crippen LogP contribution in [0, 0.1) is 6.92 Å². The number of hydrogen-bond donors (Lipinski definition) is 2. The van der Waals surface area contributed by atoms with E-state index in [2.05, 4.69) is 35.9 Å². The van der Waals surface area contributed by atoms with Gasteiger partial charge in [-0.25, -0.2) is 14.6 Å². The van der Waals surface area contributed by atoms with Crippen LogP contribution in [0.1, 0.15) is 79.7 Å². The fourth-order valence-corrected chi connectivity index (χ4v) is 5.95. The average Bonchev–Trinajstić information content (AvgIpc) is 3.44. The van der Waals surface area contributed by atoms with Gasteiger partial charge in [-0.05, 0) is 78.4 Å². The number of nitrogens with zero attached hydrogens (tertiary/aromatic N) is 3. The third kappa shape index (κ3) is 7.48. The minimum absolute atomic E-state index is 0.116. The van der Waals surface area contributed by atoms with E-state index in [1.165, 1.54) is 0 Å². The zero-order chi connectivity index (χ0) is 32.5. The van der Waals surface area contributed by atoms with Crippen molar-refractivity contribution < 1.29 is 14.7 Å². The van der Waals surface area contributed by atoms with E-state index in [-0.39, 0.29) is 11.6 Å². The van der Waals surface area contributed by atoms with Crippen molar-refractivity contribution >= 4 is 28.7 Å². The molecule has 2 N–H and O–H groups in total. The van der Waals surface area contributed by atoms with Crippen LogP contribution in [0.4, 0.5) is 10.5 Å². The van der Waals surface area contributed by atoms with Gasteiger partial charge in [0, 0.05) is 24.3 Å². The van der Waals surface area contributed by atoms with Gasteiger partial charge >= 0.3 is 12.0 Å². The molecular formula is C39H44N4O3. The normalized spacial score (nSPS) is 11.1. The van der Waals surface area contributed by atoms with Crippen LogP contribution < -0.4 is 10.2 Å². The number of hydrogen-bond acceptors (Lipinski definition) is 3. The number of imidazole rings is 1. The van der Waals surface area contributed by atoms with E-state index in [1.54, 1.807) is 12.1 Å². The Kier molecular flexibility index (Phi) is 10.9. The number of aryl methyl sites for hydroxylation is 2. The molecule has 0 saturated heterocycles. The van der Waals surface area contributed by atoms with Crippen molar-refractivity contribution in [1.29, 1.82) is 0 Å². The number of aromatic nitrogens is 2. The number of carbonyl (C=O) groups excluding carboxylic acids is 1. The molecule has 2 amide bonds. The van der Waals surface area contributed by atoms with Gasteiger partial charge in [-0.3, -0.25) is 9.47 Å². The fraction of sp³-hybridized carbons (Fsp3) is 0.308. The monoisotopic (exact) mass is 616 g/mol. The van der Waals surface area contributed by atoms with Crippen molar-refractivity contribution in [3.63, 3.8) is 0 Å². The largest absolute Gasteiger partial charge is 0.478 e. The van der Waals surface area contributed by atoms with Crippen molar-refractivity contribution in [3.8, 4) is 16.8 Å². The number of benzene rings is 4. The number of rotatable bonds is 14. The summed E-state index contributed by atoms with van der Waals surface area (Å²) >= 11 is 0. The maximum absolute atomic E-state index is 13.7. The smallest absolute Gasteiger partial charge is 0.336 e. The summed E-state index contributed by atoms with van der Waals surface area (Å²) in [6.07, 6.45) is 7.23. The Morgan fingerprint density at radius 3 is 2.33 bits per heavy atom. The number of urea groups is 1. The number of anilines is 1. The average molecular weight is 617 g/mol. The number of nitrogens with one attached hydrogen (secondary N) is 1. The van der Waals surface area contributed by atoms with E-state index < -0.39 is 5.97 Å². The van der Waals surface area contributed by atoms with Crippen molar-refractivity contribution in [3.05, 3.63) is 114 Å². The lowest BCUT2D eigenvalue weighted by atomic mass is 9.95. The first-order valence-electron chi connectivity index (χ1n) is 16.5. The predicted octanol–water partition coefficient (Wildman–Crippen LogP) is 9.34. The number of fused-ring (bicyclic) bond motifs is 1. The first kappa shape index (κ1) is 32.5. The Hall–Kier alpha value is -4.91. The first-order chi connectivity index (χ1) is 22.4. The summed E-state index contributed by atoms with van der Waals surface area (Å²) in [7, 11) is 0. The van der Waals surface area contributed by atoms with Crippen LogP contribution in [0.15, 0.2) is 91.0 Å². The van der Waals surface area contributed by atoms with Crippen LogP contribution in [-0.4, -0.2) is 33.2 Å². The standard InChI is InChI=1S/C39H44N4O3/c1-4-6-8-14-24-40-39(46)42(27-29-15-10-9-11-16-29)30-21-23-35-36(26-30)43(37(41-35)19-7-5-2)31-20-22-32(28(3)25-31)33-17-12-13-18-34(33)38(44)45/h9-13,15-18,20-23,25-26H,4-8,14,19,24,27H2,1-3H3,(H,40,46)(H,44,45). The molecule has 0 bridgehead atoms. The zero-order valence-corrected chi connectivity index (χ0v) is 27.1. The van der Waals surface area contributed by atoms with Gasteiger partial charge in [0.15, 0.2) is 0 Å². The first-order valence-corrected chi connectivity index (χ1v) is 16.5. The maximum Gasteiger partial charge on any atom is 0.336 e. The lowest BCUT2D eigenvalue weighted by molar-refractivity contribution is 0.0697. The van der Waals surface area contributed by atoms with Gasteiger partial charge in [-0.1, -0.05) is 94.1 Å². The number of aromatic carboxylic acids is 1. The molecule has 0 spiro atoms. The highest BCUT2D eigenvalue weighted by Crippen LogP contribution is 2.32. The lowest BCUT2D eigenvalue weighted by Gasteiger charge is -2.24. The molecule has 0 fully saturated rings. The molecule has 5 aromatic rings. The van der Waals surface area contributed by atoms with Gasteiger partial charge in [0.2, 0.25) is 0 Å². The Morgan fingerprint density at radius 1 is 0.826 bits per heavy atom. The van der Waals surface area contributed by atoms with Gasteiger partial charge in [-0.15, -0.1) is 0 Å². The maximum atomic E-state index is 13.7. The Morgan fingerprint density at radius 2 is 1.59 bits per heavy atom. The second-order valence-corrected chi connectivity index (χ2v) is 11.9. The fourth-order valence-electron chi connectivity index (χ4n) is 5.95. The molecule has 0 aliphatic heterocycles. The molecule has 1 aromatic heterocycles. The molecule has 0 atom stereocenters. The Balaban J connectivity index is 1.56. The Labute approximate surface area is 271 Å². The second-order valence-electron chi connectivity index (χ2n) is 11.9. The minimum atomic E-state index is -0.945. The van der Waals surface area contributed by atoms with Gasteiger partial charge in [0.05, 0.1) is 23.1 Å². The third-order valence-corrected chi connectivity index (χ3v) is 8.42. The van der Waals surface area contributed by atoms with Crippen molar-refractivity contribution in [1.82, 2.24) is 14.9 Å². The molecule has 0 unspecified atom stereocenters. The van der Waals surface area contributed by atoms with E-state index in [9.17, 15) is 14.7 Å². The highest BCUT2D eigenvalue weighted by atomic mass is 16.4. The third-order valence-electron chi connectivity index (χ3n) is 8.42. The summed E-state index contributed by atoms with van der Waals surface area (Å²) < 4.78 is 2.19. The second kappa shape index (κ2) is 15.4. The van der Waals surface area contributed by atoms with E-state index in [0.29, 0.717) is 18.7 Å². The predicted molar refractivity (Wildman–Crippen MR) is 187 cm³/mol. The van der Waals surface area contributed by atoms with Crippen LogP contribution in [-0.2, 0) is 13.0 Å². The minimum Gasteiger partial charge on any atom is -0.478 e. The van der Waals surface area contributed by atoms with Gasteiger partial charge in [0.1, 0.15) is 5.82 Å². The van der Waals surface area contributed by atoms with Crippen molar-refractivity contribution in [2.45, 2.75) is 72.3 Å². The Bertz CT molecular complexity index is 1790. The van der Waals surface area contributed by atoms with Crippen LogP contribution in [0.5, 0.6) is 0 Å². The van der Waals surface area contributed by atoms with Crippen molar-refractivity contribution in [2.24, 2.45) is 0 Å². The molecule has 7 heteroatoms. The zero-order valence-electron chi connectivity index (χ0n) is 27.1. The molecule has 0 radical (unpaired) electrons. The van der Waals surface area contributed by atoms with E-state index in [1.807, 2.05) is 78.6 Å². The van der Waals surface area contributed by atoms with E-state index >= 15 is 0 Å². The molecule has 0 saturated carbocycles. The van der Waals surface area contributed by atoms with Gasteiger partial charge in [0.25, 0.3) is 0 Å². The summed E-state index contributed by atoms with van der Waals surface area (Å²) in [6.45, 7) is 7.46. The molecule has 5 rings (SSSR count).